The van der Waals surface area contributed by atoms with Crippen LogP contribution in [0, 0.1) is 0 Å². The lowest BCUT2D eigenvalue weighted by atomic mass is 10.0. The first-order valence-corrected chi connectivity index (χ1v) is 10.3. The largest absolute Gasteiger partial charge is 0.447 e. The molecule has 170 valence electrons. The molecule has 0 unspecified atom stereocenters. The minimum atomic E-state index is -0.763. The number of nitrogens with zero attached hydrogens (tertiary/aromatic N) is 2. The molecule has 9 nitrogen and oxygen atoms in total. The summed E-state index contributed by atoms with van der Waals surface area (Å²) in [6.45, 7) is 5.06. The van der Waals surface area contributed by atoms with Crippen LogP contribution in [0.4, 0.5) is 9.59 Å². The summed E-state index contributed by atoms with van der Waals surface area (Å²) in [5, 5.41) is 5.61. The van der Waals surface area contributed by atoms with Crippen LogP contribution in [0.25, 0.3) is 0 Å². The number of carbonyl (C=O) groups is 3. The average molecular weight is 453 g/mol. The molecule has 0 radical (unpaired) electrons. The predicted octanol–water partition coefficient (Wildman–Crippen LogP) is 3.52. The number of alkyl carbamates (subject to hydrolysis) is 2. The quantitative estimate of drug-likeness (QED) is 0.484. The maximum atomic E-state index is 12.4. The van der Waals surface area contributed by atoms with Crippen LogP contribution in [-0.4, -0.2) is 61.7 Å². The third-order valence-electron chi connectivity index (χ3n) is 4.00. The van der Waals surface area contributed by atoms with Gasteiger partial charge in [0.1, 0.15) is 12.2 Å². The standard InChI is InChI=1S/C21H29ClN4O5/c1-21(2,3)31-20(29)25-17(11-30-19(28)24-14-7-8-14)13-6-9-16(22)15(10-13)18(27)23-12-26(4)5/h6,9-10,12,14,17H,7-8,11H2,1-5H3,(H,24,28)(H,25,29)/t17-/m1/s1. The Balaban J connectivity index is 2.21. The van der Waals surface area contributed by atoms with Crippen LogP contribution >= 0.6 is 11.6 Å². The van der Waals surface area contributed by atoms with Gasteiger partial charge in [0.15, 0.2) is 0 Å². The van der Waals surface area contributed by atoms with Crippen LogP contribution in [0.2, 0.25) is 5.02 Å². The lowest BCUT2D eigenvalue weighted by Gasteiger charge is -2.24. The Morgan fingerprint density at radius 2 is 1.94 bits per heavy atom. The van der Waals surface area contributed by atoms with Crippen molar-refractivity contribution in [1.82, 2.24) is 15.5 Å². The lowest BCUT2D eigenvalue weighted by Crippen LogP contribution is -2.38. The van der Waals surface area contributed by atoms with Crippen molar-refractivity contribution in [1.29, 1.82) is 0 Å². The number of ether oxygens (including phenoxy) is 2. The van der Waals surface area contributed by atoms with Gasteiger partial charge in [-0.2, -0.15) is 4.99 Å². The molecule has 0 bridgehead atoms. The highest BCUT2D eigenvalue weighted by Gasteiger charge is 2.26. The van der Waals surface area contributed by atoms with Crippen molar-refractivity contribution < 1.29 is 23.9 Å². The fraction of sp³-hybridized carbons (Fsp3) is 0.524. The van der Waals surface area contributed by atoms with Crippen LogP contribution in [0.15, 0.2) is 23.2 Å². The van der Waals surface area contributed by atoms with Crippen LogP contribution < -0.4 is 10.6 Å². The van der Waals surface area contributed by atoms with Gasteiger partial charge in [0.05, 0.1) is 23.0 Å². The zero-order chi connectivity index (χ0) is 23.2. The van der Waals surface area contributed by atoms with Crippen molar-refractivity contribution in [3.05, 3.63) is 34.3 Å². The Labute approximate surface area is 187 Å². The van der Waals surface area contributed by atoms with E-state index in [2.05, 4.69) is 15.6 Å². The van der Waals surface area contributed by atoms with Crippen molar-refractivity contribution in [2.24, 2.45) is 4.99 Å². The molecule has 31 heavy (non-hydrogen) atoms. The maximum Gasteiger partial charge on any atom is 0.408 e. The fourth-order valence-corrected chi connectivity index (χ4v) is 2.63. The molecule has 1 atom stereocenters. The Kier molecular flexibility index (Phi) is 8.27. The van der Waals surface area contributed by atoms with Crippen molar-refractivity contribution in [3.8, 4) is 0 Å². The van der Waals surface area contributed by atoms with Gasteiger partial charge < -0.3 is 25.0 Å². The van der Waals surface area contributed by atoms with E-state index in [-0.39, 0.29) is 23.2 Å². The molecular weight excluding hydrogens is 424 g/mol. The number of aliphatic imine (C=N–C) groups is 1. The minimum absolute atomic E-state index is 0.138. The molecule has 0 heterocycles. The smallest absolute Gasteiger partial charge is 0.408 e. The summed E-state index contributed by atoms with van der Waals surface area (Å²) in [5.74, 6) is -0.538. The van der Waals surface area contributed by atoms with E-state index in [9.17, 15) is 14.4 Å². The second kappa shape index (κ2) is 10.5. The first-order chi connectivity index (χ1) is 14.4. The van der Waals surface area contributed by atoms with Crippen LogP contribution in [0.3, 0.4) is 0 Å². The van der Waals surface area contributed by atoms with E-state index < -0.39 is 29.7 Å². The normalized spacial score (nSPS) is 14.6. The van der Waals surface area contributed by atoms with Gasteiger partial charge in [0.25, 0.3) is 5.91 Å². The first-order valence-electron chi connectivity index (χ1n) is 9.92. The van der Waals surface area contributed by atoms with E-state index in [0.717, 1.165) is 12.8 Å². The van der Waals surface area contributed by atoms with Gasteiger partial charge in [-0.3, -0.25) is 4.79 Å². The molecule has 2 N–H and O–H groups in total. The van der Waals surface area contributed by atoms with E-state index in [1.165, 1.54) is 18.5 Å². The molecule has 2 rings (SSSR count). The van der Waals surface area contributed by atoms with Crippen molar-refractivity contribution in [2.45, 2.75) is 51.3 Å². The average Bonchev–Trinajstić information content (AvgIpc) is 3.46. The van der Waals surface area contributed by atoms with Gasteiger partial charge >= 0.3 is 12.2 Å². The van der Waals surface area contributed by atoms with Crippen LogP contribution in [0.1, 0.15) is 55.6 Å². The summed E-state index contributed by atoms with van der Waals surface area (Å²) >= 11 is 6.18. The van der Waals surface area contributed by atoms with Crippen LogP contribution in [-0.2, 0) is 9.47 Å². The third-order valence-corrected chi connectivity index (χ3v) is 4.33. The highest BCUT2D eigenvalue weighted by molar-refractivity contribution is 6.34. The molecule has 1 aliphatic rings. The molecule has 1 fully saturated rings. The second-order valence-electron chi connectivity index (χ2n) is 8.47. The van der Waals surface area contributed by atoms with E-state index in [1.807, 2.05) is 0 Å². The molecule has 1 aromatic rings. The number of benzene rings is 1. The van der Waals surface area contributed by atoms with Gasteiger partial charge in [0, 0.05) is 20.1 Å². The Morgan fingerprint density at radius 1 is 1.26 bits per heavy atom. The number of amides is 3. The van der Waals surface area contributed by atoms with E-state index >= 15 is 0 Å². The van der Waals surface area contributed by atoms with Crippen molar-refractivity contribution in [3.63, 3.8) is 0 Å². The zero-order valence-electron chi connectivity index (χ0n) is 18.4. The predicted molar refractivity (Wildman–Crippen MR) is 118 cm³/mol. The molecule has 3 amide bonds. The summed E-state index contributed by atoms with van der Waals surface area (Å²) in [5.41, 5.74) is -0.0329. The van der Waals surface area contributed by atoms with Gasteiger partial charge in [-0.15, -0.1) is 0 Å². The summed E-state index contributed by atoms with van der Waals surface area (Å²) in [7, 11) is 3.47. The minimum Gasteiger partial charge on any atom is -0.447 e. The summed E-state index contributed by atoms with van der Waals surface area (Å²) in [6, 6.07) is 4.06. The highest BCUT2D eigenvalue weighted by atomic mass is 35.5. The van der Waals surface area contributed by atoms with Gasteiger partial charge in [0.2, 0.25) is 0 Å². The molecule has 0 spiro atoms. The van der Waals surface area contributed by atoms with Crippen LogP contribution in [0.5, 0.6) is 0 Å². The number of carbonyl (C=O) groups excluding carboxylic acids is 3. The van der Waals surface area contributed by atoms with Gasteiger partial charge in [-0.05, 0) is 51.3 Å². The van der Waals surface area contributed by atoms with Gasteiger partial charge in [-0.1, -0.05) is 17.7 Å². The second-order valence-corrected chi connectivity index (χ2v) is 8.88. The number of halogens is 1. The highest BCUT2D eigenvalue weighted by Crippen LogP contribution is 2.24. The van der Waals surface area contributed by atoms with Gasteiger partial charge in [-0.25, -0.2) is 9.59 Å². The maximum absolute atomic E-state index is 12.4. The summed E-state index contributed by atoms with van der Waals surface area (Å²) < 4.78 is 10.6. The molecule has 0 aromatic heterocycles. The molecule has 1 aliphatic carbocycles. The molecule has 0 saturated heterocycles. The number of rotatable bonds is 7. The third kappa shape index (κ3) is 8.84. The van der Waals surface area contributed by atoms with Crippen molar-refractivity contribution in [2.75, 3.05) is 20.7 Å². The number of nitrogens with one attached hydrogen (secondary N) is 2. The first kappa shape index (κ1) is 24.5. The molecule has 10 heteroatoms. The molecular formula is C21H29ClN4O5. The molecule has 0 aliphatic heterocycles. The Hall–Kier alpha value is -2.81. The number of hydrogen-bond donors (Lipinski definition) is 2. The van der Waals surface area contributed by atoms with E-state index in [0.29, 0.717) is 5.56 Å². The fourth-order valence-electron chi connectivity index (χ4n) is 2.43. The monoisotopic (exact) mass is 452 g/mol. The summed E-state index contributed by atoms with van der Waals surface area (Å²) in [6.07, 6.45) is 1.96. The van der Waals surface area contributed by atoms with E-state index in [4.69, 9.17) is 21.1 Å². The summed E-state index contributed by atoms with van der Waals surface area (Å²) in [4.78, 5) is 42.2. The van der Waals surface area contributed by atoms with E-state index in [1.54, 1.807) is 45.8 Å². The Bertz CT molecular complexity index is 847. The van der Waals surface area contributed by atoms with Crippen molar-refractivity contribution >= 4 is 36.0 Å². The molecule has 1 saturated carbocycles. The number of hydrogen-bond acceptors (Lipinski definition) is 5. The SMILES string of the molecule is CN(C)C=NC(=O)c1cc([C@@H](COC(=O)NC2CC2)NC(=O)OC(C)(C)C)ccc1Cl. The Morgan fingerprint density at radius 3 is 2.52 bits per heavy atom. The zero-order valence-corrected chi connectivity index (χ0v) is 19.2. The topological polar surface area (TPSA) is 109 Å². The lowest BCUT2D eigenvalue weighted by molar-refractivity contribution is 0.0470. The molecule has 1 aromatic carbocycles.